The second-order valence-corrected chi connectivity index (χ2v) is 4.76. The fourth-order valence-corrected chi connectivity index (χ4v) is 2.43. The van der Waals surface area contributed by atoms with Gasteiger partial charge in [0.25, 0.3) is 0 Å². The Labute approximate surface area is 103 Å². The average molecular weight is 235 g/mol. The van der Waals surface area contributed by atoms with Crippen molar-refractivity contribution in [1.29, 1.82) is 0 Å². The molecule has 1 fully saturated rings. The van der Waals surface area contributed by atoms with Gasteiger partial charge < -0.3 is 15.4 Å². The third kappa shape index (κ3) is 2.76. The normalized spacial score (nSPS) is 21.8. The Balaban J connectivity index is 2.13. The van der Waals surface area contributed by atoms with Gasteiger partial charge in [-0.25, -0.2) is 4.98 Å². The van der Waals surface area contributed by atoms with E-state index in [2.05, 4.69) is 16.0 Å². The number of hydrogen-bond donors (Lipinski definition) is 1. The fraction of sp³-hybridized carbons (Fsp3) is 0.615. The summed E-state index contributed by atoms with van der Waals surface area (Å²) in [5.41, 5.74) is 7.11. The third-order valence-electron chi connectivity index (χ3n) is 3.30. The molecular weight excluding hydrogens is 214 g/mol. The van der Waals surface area contributed by atoms with Crippen LogP contribution in [-0.2, 0) is 4.74 Å². The van der Waals surface area contributed by atoms with E-state index >= 15 is 0 Å². The summed E-state index contributed by atoms with van der Waals surface area (Å²) in [5.74, 6) is 1.66. The lowest BCUT2D eigenvalue weighted by Gasteiger charge is -2.22. The van der Waals surface area contributed by atoms with E-state index in [0.29, 0.717) is 5.92 Å². The van der Waals surface area contributed by atoms with Crippen molar-refractivity contribution < 1.29 is 4.74 Å². The minimum absolute atomic E-state index is 0.0279. The molecule has 0 radical (unpaired) electrons. The van der Waals surface area contributed by atoms with Gasteiger partial charge in [-0.05, 0) is 19.4 Å². The van der Waals surface area contributed by atoms with Crippen molar-refractivity contribution in [3.63, 3.8) is 0 Å². The number of nitrogens with zero attached hydrogens (tertiary/aromatic N) is 2. The number of aromatic nitrogens is 1. The smallest absolute Gasteiger partial charge is 0.133 e. The minimum Gasteiger partial charge on any atom is -0.384 e. The lowest BCUT2D eigenvalue weighted by molar-refractivity contribution is 0.161. The maximum absolute atomic E-state index is 5.98. The van der Waals surface area contributed by atoms with Crippen LogP contribution >= 0.6 is 0 Å². The summed E-state index contributed by atoms with van der Waals surface area (Å²) < 4.78 is 5.22. The molecule has 1 aliphatic heterocycles. The summed E-state index contributed by atoms with van der Waals surface area (Å²) in [6, 6.07) is 4.04. The summed E-state index contributed by atoms with van der Waals surface area (Å²) in [6.45, 7) is 4.90. The quantitative estimate of drug-likeness (QED) is 0.860. The van der Waals surface area contributed by atoms with Crippen molar-refractivity contribution in [2.45, 2.75) is 19.4 Å². The molecule has 1 aromatic heterocycles. The highest BCUT2D eigenvalue weighted by molar-refractivity contribution is 5.49. The van der Waals surface area contributed by atoms with Crippen LogP contribution in [-0.4, -0.2) is 31.8 Å². The molecule has 17 heavy (non-hydrogen) atoms. The van der Waals surface area contributed by atoms with Gasteiger partial charge in [0.15, 0.2) is 0 Å². The summed E-state index contributed by atoms with van der Waals surface area (Å²) >= 11 is 0. The van der Waals surface area contributed by atoms with E-state index in [1.54, 1.807) is 7.11 Å². The van der Waals surface area contributed by atoms with Crippen LogP contribution in [0.4, 0.5) is 5.82 Å². The van der Waals surface area contributed by atoms with Crippen LogP contribution < -0.4 is 10.6 Å². The average Bonchev–Trinajstić information content (AvgIpc) is 2.78. The lowest BCUT2D eigenvalue weighted by Crippen LogP contribution is -2.24. The van der Waals surface area contributed by atoms with Crippen LogP contribution in [0.15, 0.2) is 18.3 Å². The van der Waals surface area contributed by atoms with Crippen molar-refractivity contribution in [2.24, 2.45) is 11.7 Å². The van der Waals surface area contributed by atoms with Crippen LogP contribution in [0.1, 0.15) is 24.9 Å². The van der Waals surface area contributed by atoms with Gasteiger partial charge in [-0.1, -0.05) is 6.07 Å². The lowest BCUT2D eigenvalue weighted by atomic mass is 10.1. The summed E-state index contributed by atoms with van der Waals surface area (Å²) in [6.07, 6.45) is 3.01. The van der Waals surface area contributed by atoms with Crippen LogP contribution in [0.2, 0.25) is 0 Å². The number of rotatable bonds is 4. The van der Waals surface area contributed by atoms with Crippen LogP contribution in [0.5, 0.6) is 0 Å². The number of anilines is 1. The molecule has 0 saturated carbocycles. The SMILES string of the molecule is COCC1CCN(c2ncccc2C(C)N)C1. The molecule has 1 saturated heterocycles. The van der Waals surface area contributed by atoms with E-state index in [-0.39, 0.29) is 6.04 Å². The first-order valence-corrected chi connectivity index (χ1v) is 6.16. The zero-order valence-corrected chi connectivity index (χ0v) is 10.6. The summed E-state index contributed by atoms with van der Waals surface area (Å²) in [5, 5.41) is 0. The van der Waals surface area contributed by atoms with Gasteiger partial charge in [0.1, 0.15) is 5.82 Å². The van der Waals surface area contributed by atoms with Gasteiger partial charge in [-0.15, -0.1) is 0 Å². The molecule has 2 rings (SSSR count). The topological polar surface area (TPSA) is 51.4 Å². The molecule has 0 spiro atoms. The molecule has 1 aromatic rings. The second kappa shape index (κ2) is 5.47. The van der Waals surface area contributed by atoms with Crippen LogP contribution in [0.3, 0.4) is 0 Å². The highest BCUT2D eigenvalue weighted by Crippen LogP contribution is 2.27. The van der Waals surface area contributed by atoms with E-state index in [4.69, 9.17) is 10.5 Å². The minimum atomic E-state index is 0.0279. The largest absolute Gasteiger partial charge is 0.384 e. The van der Waals surface area contributed by atoms with Crippen LogP contribution in [0.25, 0.3) is 0 Å². The molecule has 4 nitrogen and oxygen atoms in total. The molecule has 2 N–H and O–H groups in total. The number of ether oxygens (including phenoxy) is 1. The Hall–Kier alpha value is -1.13. The van der Waals surface area contributed by atoms with Crippen molar-refractivity contribution in [2.75, 3.05) is 31.7 Å². The number of nitrogens with two attached hydrogens (primary N) is 1. The number of methoxy groups -OCH3 is 1. The third-order valence-corrected chi connectivity index (χ3v) is 3.30. The highest BCUT2D eigenvalue weighted by atomic mass is 16.5. The van der Waals surface area contributed by atoms with Gasteiger partial charge in [0.2, 0.25) is 0 Å². The summed E-state index contributed by atoms with van der Waals surface area (Å²) in [7, 11) is 1.76. The van der Waals surface area contributed by atoms with E-state index in [9.17, 15) is 0 Å². The molecule has 0 amide bonds. The van der Waals surface area contributed by atoms with Crippen molar-refractivity contribution in [3.05, 3.63) is 23.9 Å². The molecule has 2 heterocycles. The molecule has 4 heteroatoms. The summed E-state index contributed by atoms with van der Waals surface area (Å²) in [4.78, 5) is 6.80. The molecule has 2 atom stereocenters. The van der Waals surface area contributed by atoms with Gasteiger partial charge in [-0.2, -0.15) is 0 Å². The maximum Gasteiger partial charge on any atom is 0.133 e. The van der Waals surface area contributed by atoms with E-state index in [1.165, 1.54) is 6.42 Å². The Morgan fingerprint density at radius 3 is 3.18 bits per heavy atom. The zero-order valence-electron chi connectivity index (χ0n) is 10.6. The van der Waals surface area contributed by atoms with Gasteiger partial charge >= 0.3 is 0 Å². The van der Waals surface area contributed by atoms with E-state index in [0.717, 1.165) is 31.1 Å². The molecule has 94 valence electrons. The Bertz CT molecular complexity index is 367. The Morgan fingerprint density at radius 2 is 2.47 bits per heavy atom. The first kappa shape index (κ1) is 12.3. The molecular formula is C13H21N3O. The second-order valence-electron chi connectivity index (χ2n) is 4.76. The Kier molecular flexibility index (Phi) is 3.97. The van der Waals surface area contributed by atoms with Crippen molar-refractivity contribution in [1.82, 2.24) is 4.98 Å². The molecule has 0 aliphatic carbocycles. The van der Waals surface area contributed by atoms with Crippen molar-refractivity contribution >= 4 is 5.82 Å². The zero-order chi connectivity index (χ0) is 12.3. The van der Waals surface area contributed by atoms with E-state index < -0.39 is 0 Å². The van der Waals surface area contributed by atoms with Crippen LogP contribution in [0, 0.1) is 5.92 Å². The van der Waals surface area contributed by atoms with Gasteiger partial charge in [0, 0.05) is 43.9 Å². The number of hydrogen-bond acceptors (Lipinski definition) is 4. The molecule has 1 aliphatic rings. The molecule has 0 aromatic carbocycles. The Morgan fingerprint density at radius 1 is 1.65 bits per heavy atom. The highest BCUT2D eigenvalue weighted by Gasteiger charge is 2.25. The predicted octanol–water partition coefficient (Wildman–Crippen LogP) is 1.57. The first-order valence-electron chi connectivity index (χ1n) is 6.16. The predicted molar refractivity (Wildman–Crippen MR) is 69.0 cm³/mol. The van der Waals surface area contributed by atoms with E-state index in [1.807, 2.05) is 19.2 Å². The van der Waals surface area contributed by atoms with Crippen molar-refractivity contribution in [3.8, 4) is 0 Å². The first-order chi connectivity index (χ1) is 8.22. The van der Waals surface area contributed by atoms with Gasteiger partial charge in [0.05, 0.1) is 6.61 Å². The number of pyridine rings is 1. The maximum atomic E-state index is 5.98. The molecule has 0 bridgehead atoms. The van der Waals surface area contributed by atoms with Gasteiger partial charge in [-0.3, -0.25) is 0 Å². The standard InChI is InChI=1S/C13H21N3O/c1-10(14)12-4-3-6-15-13(12)16-7-5-11(8-16)9-17-2/h3-4,6,10-11H,5,7-9,14H2,1-2H3. The molecule has 2 unspecified atom stereocenters. The fourth-order valence-electron chi connectivity index (χ4n) is 2.43. The monoisotopic (exact) mass is 235 g/mol.